The van der Waals surface area contributed by atoms with E-state index in [0.717, 1.165) is 6.42 Å². The molecule has 0 radical (unpaired) electrons. The van der Waals surface area contributed by atoms with Crippen molar-refractivity contribution in [2.75, 3.05) is 6.61 Å². The summed E-state index contributed by atoms with van der Waals surface area (Å²) >= 11 is 0. The molecule has 138 valence electrons. The SMILES string of the molecule is CC1=C[C@]23C(=O)[C@@H](C=C(CO)[C@@H](O)[C@]2(O)[C@@H]1O)C1C(C[C@H]3C)C1(C)C. The van der Waals surface area contributed by atoms with E-state index in [-0.39, 0.29) is 28.6 Å². The quantitative estimate of drug-likeness (QED) is 0.526. The molecule has 2 bridgehead atoms. The Bertz CT molecular complexity index is 707. The molecule has 8 atom stereocenters. The molecule has 0 amide bonds. The molecule has 25 heavy (non-hydrogen) atoms. The minimum atomic E-state index is -2.03. The average Bonchev–Trinajstić information content (AvgIpc) is 3.05. The third-order valence-electron chi connectivity index (χ3n) is 7.93. The zero-order valence-corrected chi connectivity index (χ0v) is 15.2. The molecule has 4 aliphatic carbocycles. The standard InChI is InChI=1S/C20H28O5/c1-9-7-19-10(2)5-13-14(18(13,3)4)12(17(19)24)6-11(8-21)16(23)20(19,25)15(9)22/h6-7,10,12-16,21-23,25H,5,8H2,1-4H3/t10-,12+,13?,14?,15-,16-,19+,20-/m1/s1. The largest absolute Gasteiger partial charge is 0.392 e. The molecule has 2 saturated carbocycles. The lowest BCUT2D eigenvalue weighted by atomic mass is 9.59. The van der Waals surface area contributed by atoms with Gasteiger partial charge in [-0.2, -0.15) is 0 Å². The summed E-state index contributed by atoms with van der Waals surface area (Å²) in [6.07, 6.45) is 1.34. The molecular formula is C20H28O5. The maximum atomic E-state index is 13.7. The van der Waals surface area contributed by atoms with Crippen molar-refractivity contribution >= 4 is 5.78 Å². The van der Waals surface area contributed by atoms with Crippen molar-refractivity contribution in [3.05, 3.63) is 23.3 Å². The van der Waals surface area contributed by atoms with Gasteiger partial charge in [0.15, 0.2) is 5.78 Å². The van der Waals surface area contributed by atoms with Crippen LogP contribution in [0.3, 0.4) is 0 Å². The van der Waals surface area contributed by atoms with E-state index in [1.807, 2.05) is 6.92 Å². The summed E-state index contributed by atoms with van der Waals surface area (Å²) in [5, 5.41) is 43.0. The Kier molecular flexibility index (Phi) is 3.36. The van der Waals surface area contributed by atoms with Crippen LogP contribution < -0.4 is 0 Å². The molecule has 0 aromatic rings. The number of ketones is 1. The number of rotatable bonds is 1. The van der Waals surface area contributed by atoms with E-state index in [0.29, 0.717) is 11.5 Å². The highest BCUT2D eigenvalue weighted by atomic mass is 16.4. The Morgan fingerprint density at radius 3 is 2.48 bits per heavy atom. The molecule has 0 aromatic heterocycles. The van der Waals surface area contributed by atoms with Crippen LogP contribution in [-0.2, 0) is 4.79 Å². The fourth-order valence-corrected chi connectivity index (χ4v) is 6.43. The van der Waals surface area contributed by atoms with Gasteiger partial charge >= 0.3 is 0 Å². The zero-order valence-electron chi connectivity index (χ0n) is 15.2. The molecule has 4 rings (SSSR count). The second kappa shape index (κ2) is 4.83. The molecule has 0 saturated heterocycles. The van der Waals surface area contributed by atoms with E-state index in [4.69, 9.17) is 0 Å². The highest BCUT2D eigenvalue weighted by Crippen LogP contribution is 2.71. The lowest BCUT2D eigenvalue weighted by molar-refractivity contribution is -0.190. The average molecular weight is 348 g/mol. The smallest absolute Gasteiger partial charge is 0.153 e. The van der Waals surface area contributed by atoms with Crippen molar-refractivity contribution in [2.24, 2.45) is 34.5 Å². The van der Waals surface area contributed by atoms with Crippen LogP contribution in [-0.4, -0.2) is 50.6 Å². The van der Waals surface area contributed by atoms with E-state index in [9.17, 15) is 25.2 Å². The number of aliphatic hydroxyl groups excluding tert-OH is 3. The third kappa shape index (κ3) is 1.71. The van der Waals surface area contributed by atoms with Gasteiger partial charge in [0.2, 0.25) is 0 Å². The van der Waals surface area contributed by atoms with E-state index in [1.54, 1.807) is 19.1 Å². The van der Waals surface area contributed by atoms with Crippen LogP contribution in [0.2, 0.25) is 0 Å². The number of allylic oxidation sites excluding steroid dienone is 1. The van der Waals surface area contributed by atoms with Gasteiger partial charge in [-0.15, -0.1) is 0 Å². The van der Waals surface area contributed by atoms with Gasteiger partial charge in [-0.1, -0.05) is 32.9 Å². The second-order valence-corrected chi connectivity index (χ2v) is 9.27. The number of carbonyl (C=O) groups is 1. The van der Waals surface area contributed by atoms with Gasteiger partial charge in [-0.25, -0.2) is 0 Å². The highest BCUT2D eigenvalue weighted by Gasteiger charge is 2.75. The third-order valence-corrected chi connectivity index (χ3v) is 7.93. The topological polar surface area (TPSA) is 98.0 Å². The Hall–Kier alpha value is -1.01. The van der Waals surface area contributed by atoms with Crippen LogP contribution in [0.4, 0.5) is 0 Å². The second-order valence-electron chi connectivity index (χ2n) is 9.27. The van der Waals surface area contributed by atoms with Gasteiger partial charge in [0, 0.05) is 5.92 Å². The van der Waals surface area contributed by atoms with Gasteiger partial charge in [-0.05, 0) is 47.7 Å². The lowest BCUT2D eigenvalue weighted by Crippen LogP contribution is -2.65. The van der Waals surface area contributed by atoms with Crippen molar-refractivity contribution < 1.29 is 25.2 Å². The van der Waals surface area contributed by atoms with Crippen molar-refractivity contribution in [2.45, 2.75) is 51.9 Å². The van der Waals surface area contributed by atoms with Gasteiger partial charge in [-0.3, -0.25) is 4.79 Å². The van der Waals surface area contributed by atoms with E-state index < -0.39 is 35.7 Å². The zero-order chi connectivity index (χ0) is 18.5. The summed E-state index contributed by atoms with van der Waals surface area (Å²) < 4.78 is 0. The van der Waals surface area contributed by atoms with Gasteiger partial charge < -0.3 is 20.4 Å². The molecule has 4 aliphatic rings. The summed E-state index contributed by atoms with van der Waals surface area (Å²) in [6, 6.07) is 0. The fourth-order valence-electron chi connectivity index (χ4n) is 6.43. The fraction of sp³-hybridized carbons (Fsp3) is 0.750. The van der Waals surface area contributed by atoms with Crippen LogP contribution in [0, 0.1) is 34.5 Å². The van der Waals surface area contributed by atoms with Gasteiger partial charge in [0.25, 0.3) is 0 Å². The maximum absolute atomic E-state index is 13.7. The normalized spacial score (nSPS) is 53.2. The van der Waals surface area contributed by atoms with Crippen LogP contribution in [0.1, 0.15) is 34.1 Å². The van der Waals surface area contributed by atoms with E-state index >= 15 is 0 Å². The number of Topliss-reactive ketones (excluding diaryl/α,β-unsaturated/α-hetero) is 1. The van der Waals surface area contributed by atoms with Crippen molar-refractivity contribution in [1.29, 1.82) is 0 Å². The molecule has 2 fully saturated rings. The lowest BCUT2D eigenvalue weighted by Gasteiger charge is -2.48. The number of hydrogen-bond acceptors (Lipinski definition) is 5. The first-order valence-corrected chi connectivity index (χ1v) is 9.18. The summed E-state index contributed by atoms with van der Waals surface area (Å²) in [7, 11) is 0. The first-order valence-electron chi connectivity index (χ1n) is 9.18. The van der Waals surface area contributed by atoms with Gasteiger partial charge in [0.05, 0.1) is 12.0 Å². The minimum Gasteiger partial charge on any atom is -0.392 e. The van der Waals surface area contributed by atoms with Crippen LogP contribution in [0.25, 0.3) is 0 Å². The van der Waals surface area contributed by atoms with Crippen LogP contribution >= 0.6 is 0 Å². The number of hydrogen-bond donors (Lipinski definition) is 4. The molecule has 2 unspecified atom stereocenters. The molecule has 5 nitrogen and oxygen atoms in total. The Morgan fingerprint density at radius 2 is 1.88 bits per heavy atom. The van der Waals surface area contributed by atoms with Crippen molar-refractivity contribution in [3.63, 3.8) is 0 Å². The number of fused-ring (bicyclic) bond motifs is 3. The minimum absolute atomic E-state index is 0.0245. The van der Waals surface area contributed by atoms with E-state index in [1.165, 1.54) is 0 Å². The molecule has 5 heteroatoms. The number of aliphatic hydroxyl groups is 4. The Labute approximate surface area is 148 Å². The summed E-state index contributed by atoms with van der Waals surface area (Å²) in [4.78, 5) is 13.7. The number of carbonyl (C=O) groups excluding carboxylic acids is 1. The van der Waals surface area contributed by atoms with E-state index in [2.05, 4.69) is 13.8 Å². The maximum Gasteiger partial charge on any atom is 0.153 e. The molecule has 4 N–H and O–H groups in total. The molecule has 0 aliphatic heterocycles. The Balaban J connectivity index is 1.99. The van der Waals surface area contributed by atoms with Crippen molar-refractivity contribution in [1.82, 2.24) is 0 Å². The van der Waals surface area contributed by atoms with Crippen LogP contribution in [0.15, 0.2) is 23.3 Å². The van der Waals surface area contributed by atoms with Crippen LogP contribution in [0.5, 0.6) is 0 Å². The molecule has 1 spiro atoms. The predicted molar refractivity (Wildman–Crippen MR) is 91.4 cm³/mol. The molecule has 0 heterocycles. The molecular weight excluding hydrogens is 320 g/mol. The summed E-state index contributed by atoms with van der Waals surface area (Å²) in [5.41, 5.74) is -2.58. The first-order chi connectivity index (χ1) is 11.5. The summed E-state index contributed by atoms with van der Waals surface area (Å²) in [6.45, 7) is 7.50. The predicted octanol–water partition coefficient (Wildman–Crippen LogP) is 0.815. The highest BCUT2D eigenvalue weighted by molar-refractivity contribution is 5.95. The monoisotopic (exact) mass is 348 g/mol. The van der Waals surface area contributed by atoms with Gasteiger partial charge in [0.1, 0.15) is 17.8 Å². The first kappa shape index (κ1) is 17.4. The van der Waals surface area contributed by atoms with Crippen molar-refractivity contribution in [3.8, 4) is 0 Å². The summed E-state index contributed by atoms with van der Waals surface area (Å²) in [5.74, 6) is -0.288. The molecule has 0 aromatic carbocycles. The Morgan fingerprint density at radius 1 is 1.24 bits per heavy atom.